The van der Waals surface area contributed by atoms with Gasteiger partial charge in [0.2, 0.25) is 5.79 Å². The third kappa shape index (κ3) is 2.47. The second kappa shape index (κ2) is 5.62. The Balaban J connectivity index is 1.83. The molecule has 2 fully saturated rings. The van der Waals surface area contributed by atoms with Gasteiger partial charge < -0.3 is 34.3 Å². The van der Waals surface area contributed by atoms with Crippen molar-refractivity contribution in [1.82, 2.24) is 0 Å². The molecule has 1 aromatic rings. The largest absolute Gasteiger partial charge is 0.385 e. The van der Waals surface area contributed by atoms with Crippen molar-refractivity contribution in [3.8, 4) is 0 Å². The van der Waals surface area contributed by atoms with Gasteiger partial charge in [0, 0.05) is 12.7 Å². The van der Waals surface area contributed by atoms with Crippen LogP contribution in [0.1, 0.15) is 11.9 Å². The van der Waals surface area contributed by atoms with Crippen LogP contribution in [-0.4, -0.2) is 59.4 Å². The Morgan fingerprint density at radius 1 is 1.24 bits per heavy atom. The van der Waals surface area contributed by atoms with Gasteiger partial charge >= 0.3 is 0 Å². The van der Waals surface area contributed by atoms with Gasteiger partial charge in [0.25, 0.3) is 0 Å². The zero-order valence-corrected chi connectivity index (χ0v) is 11.5. The Labute approximate surface area is 121 Å². The molecule has 0 amide bonds. The van der Waals surface area contributed by atoms with Crippen LogP contribution in [0.3, 0.4) is 0 Å². The summed E-state index contributed by atoms with van der Waals surface area (Å²) in [6, 6.07) is 9.01. The third-order valence-electron chi connectivity index (χ3n) is 3.78. The van der Waals surface area contributed by atoms with Crippen molar-refractivity contribution >= 4 is 0 Å². The minimum Gasteiger partial charge on any atom is -0.385 e. The normalized spacial score (nSPS) is 43.3. The number of methoxy groups -OCH3 is 1. The first-order valence-corrected chi connectivity index (χ1v) is 6.67. The minimum absolute atomic E-state index is 0.000297. The molecule has 0 radical (unpaired) electrons. The lowest BCUT2D eigenvalue weighted by atomic mass is 9.94. The van der Waals surface area contributed by atoms with Crippen molar-refractivity contribution < 1.29 is 34.3 Å². The van der Waals surface area contributed by atoms with E-state index in [-0.39, 0.29) is 6.61 Å². The molecule has 0 spiro atoms. The van der Waals surface area contributed by atoms with Crippen LogP contribution in [0, 0.1) is 0 Å². The molecule has 2 heterocycles. The van der Waals surface area contributed by atoms with Gasteiger partial charge in [-0.2, -0.15) is 0 Å². The van der Waals surface area contributed by atoms with Crippen LogP contribution in [0.25, 0.3) is 0 Å². The Kier molecular flexibility index (Phi) is 3.98. The van der Waals surface area contributed by atoms with Crippen LogP contribution >= 0.6 is 0 Å². The average Bonchev–Trinajstić information content (AvgIpc) is 2.52. The number of fused-ring (bicyclic) bond motifs is 1. The highest BCUT2D eigenvalue weighted by molar-refractivity contribution is 5.17. The van der Waals surface area contributed by atoms with E-state index >= 15 is 0 Å². The lowest BCUT2D eigenvalue weighted by Crippen LogP contribution is -2.70. The van der Waals surface area contributed by atoms with E-state index in [1.807, 2.05) is 18.2 Å². The average molecular weight is 298 g/mol. The monoisotopic (exact) mass is 298 g/mol. The van der Waals surface area contributed by atoms with Crippen molar-refractivity contribution in [2.45, 2.75) is 36.7 Å². The molecule has 0 bridgehead atoms. The number of aliphatic hydroxyl groups is 3. The molecule has 3 N–H and O–H groups in total. The predicted octanol–water partition coefficient (Wildman–Crippen LogP) is -0.486. The van der Waals surface area contributed by atoms with Crippen LogP contribution in [0.2, 0.25) is 0 Å². The smallest absolute Gasteiger partial charge is 0.227 e. The summed E-state index contributed by atoms with van der Waals surface area (Å²) in [6.45, 7) is -0.000297. The fourth-order valence-electron chi connectivity index (χ4n) is 2.58. The number of ether oxygens (including phenoxy) is 4. The van der Waals surface area contributed by atoms with E-state index in [1.165, 1.54) is 7.11 Å². The standard InChI is InChI=1S/C14H18O7/c1-18-13-10(15)11(16)14(17)9(20-13)7-19-12(21-14)8-5-3-2-4-6-8/h2-6,9-13,15-17H,7H2,1H3/t9-,10-,11+,12+,13-,14+/m1/s1. The molecule has 0 unspecified atom stereocenters. The molecule has 6 atom stereocenters. The van der Waals surface area contributed by atoms with Crippen LogP contribution < -0.4 is 0 Å². The van der Waals surface area contributed by atoms with Gasteiger partial charge in [-0.3, -0.25) is 0 Å². The maximum Gasteiger partial charge on any atom is 0.227 e. The molecule has 2 aliphatic rings. The summed E-state index contributed by atoms with van der Waals surface area (Å²) < 4.78 is 21.3. The Hall–Kier alpha value is -1.06. The highest BCUT2D eigenvalue weighted by atomic mass is 16.8. The maximum atomic E-state index is 10.6. The number of benzene rings is 1. The molecule has 7 nitrogen and oxygen atoms in total. The molecule has 0 aliphatic carbocycles. The summed E-state index contributed by atoms with van der Waals surface area (Å²) in [6.07, 6.45) is -5.86. The maximum absolute atomic E-state index is 10.6. The van der Waals surface area contributed by atoms with E-state index in [2.05, 4.69) is 0 Å². The fraction of sp³-hybridized carbons (Fsp3) is 0.571. The molecule has 2 aliphatic heterocycles. The van der Waals surface area contributed by atoms with Gasteiger partial charge in [-0.1, -0.05) is 30.3 Å². The van der Waals surface area contributed by atoms with Crippen molar-refractivity contribution in [2.24, 2.45) is 0 Å². The zero-order chi connectivity index (χ0) is 15.0. The Morgan fingerprint density at radius 3 is 2.62 bits per heavy atom. The quantitative estimate of drug-likeness (QED) is 0.678. The number of rotatable bonds is 2. The van der Waals surface area contributed by atoms with Gasteiger partial charge in [-0.25, -0.2) is 0 Å². The van der Waals surface area contributed by atoms with E-state index in [4.69, 9.17) is 18.9 Å². The first-order chi connectivity index (χ1) is 10.1. The van der Waals surface area contributed by atoms with Crippen molar-refractivity contribution in [3.05, 3.63) is 35.9 Å². The summed E-state index contributed by atoms with van der Waals surface area (Å²) in [5.41, 5.74) is 0.694. The Morgan fingerprint density at radius 2 is 1.95 bits per heavy atom. The second-order valence-corrected chi connectivity index (χ2v) is 5.11. The highest BCUT2D eigenvalue weighted by Gasteiger charge is 2.59. The van der Waals surface area contributed by atoms with Crippen LogP contribution in [0.4, 0.5) is 0 Å². The second-order valence-electron chi connectivity index (χ2n) is 5.11. The molecule has 0 saturated carbocycles. The van der Waals surface area contributed by atoms with Crippen molar-refractivity contribution in [1.29, 1.82) is 0 Å². The molecule has 21 heavy (non-hydrogen) atoms. The lowest BCUT2D eigenvalue weighted by Gasteiger charge is -2.50. The van der Waals surface area contributed by atoms with Gasteiger partial charge in [-0.05, 0) is 0 Å². The molecule has 1 aromatic carbocycles. The number of hydrogen-bond donors (Lipinski definition) is 3. The highest BCUT2D eigenvalue weighted by Crippen LogP contribution is 2.39. The summed E-state index contributed by atoms with van der Waals surface area (Å²) in [4.78, 5) is 0. The third-order valence-corrected chi connectivity index (χ3v) is 3.78. The molecule has 0 aromatic heterocycles. The van der Waals surface area contributed by atoms with E-state index in [1.54, 1.807) is 12.1 Å². The number of aliphatic hydroxyl groups excluding tert-OH is 2. The first-order valence-electron chi connectivity index (χ1n) is 6.67. The molecule has 3 rings (SSSR count). The van der Waals surface area contributed by atoms with Gasteiger partial charge in [0.05, 0.1) is 6.61 Å². The first kappa shape index (κ1) is 14.9. The minimum atomic E-state index is -2.06. The molecule has 2 saturated heterocycles. The van der Waals surface area contributed by atoms with E-state index < -0.39 is 36.7 Å². The Bertz CT molecular complexity index is 477. The van der Waals surface area contributed by atoms with Crippen LogP contribution in [-0.2, 0) is 18.9 Å². The zero-order valence-electron chi connectivity index (χ0n) is 11.5. The van der Waals surface area contributed by atoms with Gasteiger partial charge in [0.15, 0.2) is 12.6 Å². The topological polar surface area (TPSA) is 97.6 Å². The lowest BCUT2D eigenvalue weighted by molar-refractivity contribution is -0.452. The summed E-state index contributed by atoms with van der Waals surface area (Å²) in [5, 5.41) is 30.7. The van der Waals surface area contributed by atoms with E-state index in [0.29, 0.717) is 5.56 Å². The molecular formula is C14H18O7. The molecular weight excluding hydrogens is 280 g/mol. The molecule has 7 heteroatoms. The number of hydrogen-bond acceptors (Lipinski definition) is 7. The molecule has 116 valence electrons. The predicted molar refractivity (Wildman–Crippen MR) is 68.9 cm³/mol. The van der Waals surface area contributed by atoms with Crippen LogP contribution in [0.5, 0.6) is 0 Å². The summed E-state index contributed by atoms with van der Waals surface area (Å²) in [5.74, 6) is -2.06. The van der Waals surface area contributed by atoms with Crippen molar-refractivity contribution in [2.75, 3.05) is 13.7 Å². The van der Waals surface area contributed by atoms with Gasteiger partial charge in [-0.15, -0.1) is 0 Å². The van der Waals surface area contributed by atoms with Gasteiger partial charge in [0.1, 0.15) is 18.3 Å². The SMILES string of the molecule is CO[C@@H]1O[C@@H]2CO[C@H](c3ccccc3)O[C@]2(O)[C@@H](O)[C@H]1O. The fourth-order valence-corrected chi connectivity index (χ4v) is 2.58. The summed E-state index contributed by atoms with van der Waals surface area (Å²) in [7, 11) is 1.34. The van der Waals surface area contributed by atoms with E-state index in [9.17, 15) is 15.3 Å². The van der Waals surface area contributed by atoms with Crippen molar-refractivity contribution in [3.63, 3.8) is 0 Å². The summed E-state index contributed by atoms with van der Waals surface area (Å²) >= 11 is 0. The van der Waals surface area contributed by atoms with E-state index in [0.717, 1.165) is 0 Å². The van der Waals surface area contributed by atoms with Crippen LogP contribution in [0.15, 0.2) is 30.3 Å².